The lowest BCUT2D eigenvalue weighted by Gasteiger charge is -2.13. The third-order valence-corrected chi connectivity index (χ3v) is 11.0. The number of rotatable bonds is 4. The average molecular weight is 716 g/mol. The number of nitrogens with zero attached hydrogens (tertiary/aromatic N) is 5. The first-order valence-electron chi connectivity index (χ1n) is 18.7. The van der Waals surface area contributed by atoms with E-state index in [1.54, 1.807) is 0 Å². The van der Waals surface area contributed by atoms with Crippen molar-refractivity contribution in [2.24, 2.45) is 0 Å². The van der Waals surface area contributed by atoms with Crippen LogP contribution in [0.25, 0.3) is 116 Å². The Bertz CT molecular complexity index is 3480. The van der Waals surface area contributed by atoms with Crippen molar-refractivity contribution in [3.63, 3.8) is 0 Å². The van der Waals surface area contributed by atoms with Gasteiger partial charge in [0.15, 0.2) is 17.5 Å². The van der Waals surface area contributed by atoms with E-state index in [2.05, 4.69) is 108 Å². The van der Waals surface area contributed by atoms with Gasteiger partial charge in [-0.3, -0.25) is 4.40 Å². The second-order valence-corrected chi connectivity index (χ2v) is 14.2. The Balaban J connectivity index is 1.05. The smallest absolute Gasteiger partial charge is 0.164 e. The fourth-order valence-electron chi connectivity index (χ4n) is 8.42. The lowest BCUT2D eigenvalue weighted by molar-refractivity contribution is 0.669. The molecule has 0 bridgehead atoms. The van der Waals surface area contributed by atoms with Crippen molar-refractivity contribution in [3.8, 4) is 45.3 Å². The fourth-order valence-corrected chi connectivity index (χ4v) is 8.42. The Morgan fingerprint density at radius 3 is 1.84 bits per heavy atom. The van der Waals surface area contributed by atoms with Crippen molar-refractivity contribution in [1.82, 2.24) is 24.3 Å². The Morgan fingerprint density at radius 2 is 1.04 bits per heavy atom. The van der Waals surface area contributed by atoms with E-state index < -0.39 is 0 Å². The number of pyridine rings is 1. The quantitative estimate of drug-likeness (QED) is 0.170. The molecule has 260 valence electrons. The van der Waals surface area contributed by atoms with Gasteiger partial charge in [0.2, 0.25) is 0 Å². The van der Waals surface area contributed by atoms with Gasteiger partial charge in [0.05, 0.1) is 16.6 Å². The zero-order valence-electron chi connectivity index (χ0n) is 29.9. The molecule has 0 atom stereocenters. The molecule has 6 nitrogen and oxygen atoms in total. The number of aromatic nitrogens is 5. The first-order chi connectivity index (χ1) is 27.7. The standard InChI is InChI=1S/C50H29N5O/c1-3-13-31(14-4-1)47-52-48(32-15-5-2-6-16-32)54-49(53-47)39-18-11-21-43-45(39)38-27-24-34(29-44(38)56-43)33-23-25-36-37-26-22-30-12-7-8-17-35(30)46(37)50-51-40-19-9-10-20-41(40)55(50)42(36)28-33/h1-29H. The van der Waals surface area contributed by atoms with Gasteiger partial charge in [-0.25, -0.2) is 19.9 Å². The van der Waals surface area contributed by atoms with Crippen LogP contribution >= 0.6 is 0 Å². The van der Waals surface area contributed by atoms with Crippen molar-refractivity contribution >= 4 is 71.1 Å². The summed E-state index contributed by atoms with van der Waals surface area (Å²) in [6.45, 7) is 0. The maximum atomic E-state index is 6.62. The van der Waals surface area contributed by atoms with Gasteiger partial charge in [-0.1, -0.05) is 140 Å². The van der Waals surface area contributed by atoms with Gasteiger partial charge in [-0.2, -0.15) is 0 Å². The predicted octanol–water partition coefficient (Wildman–Crippen LogP) is 12.7. The summed E-state index contributed by atoms with van der Waals surface area (Å²) in [4.78, 5) is 20.2. The summed E-state index contributed by atoms with van der Waals surface area (Å²) < 4.78 is 8.95. The Labute approximate surface area is 320 Å². The molecule has 4 aromatic heterocycles. The molecule has 0 saturated heterocycles. The minimum Gasteiger partial charge on any atom is -0.456 e. The topological polar surface area (TPSA) is 69.1 Å². The van der Waals surface area contributed by atoms with Crippen LogP contribution in [0.3, 0.4) is 0 Å². The minimum absolute atomic E-state index is 0.598. The lowest BCUT2D eigenvalue weighted by Crippen LogP contribution is -2.00. The minimum atomic E-state index is 0.598. The van der Waals surface area contributed by atoms with Gasteiger partial charge < -0.3 is 4.42 Å². The van der Waals surface area contributed by atoms with E-state index in [-0.39, 0.29) is 0 Å². The number of imidazole rings is 1. The highest BCUT2D eigenvalue weighted by Crippen LogP contribution is 2.41. The molecule has 0 unspecified atom stereocenters. The van der Waals surface area contributed by atoms with Crippen LogP contribution in [0.4, 0.5) is 0 Å². The first kappa shape index (κ1) is 30.7. The summed E-state index contributed by atoms with van der Waals surface area (Å²) in [5.74, 6) is 1.85. The number of hydrogen-bond donors (Lipinski definition) is 0. The molecule has 12 aromatic rings. The second kappa shape index (κ2) is 11.9. The Hall–Kier alpha value is -7.70. The van der Waals surface area contributed by atoms with Gasteiger partial charge in [-0.15, -0.1) is 0 Å². The van der Waals surface area contributed by atoms with Gasteiger partial charge in [0.1, 0.15) is 16.8 Å². The van der Waals surface area contributed by atoms with Crippen molar-refractivity contribution in [3.05, 3.63) is 176 Å². The summed E-state index contributed by atoms with van der Waals surface area (Å²) in [5, 5.41) is 7.93. The Morgan fingerprint density at radius 1 is 0.375 bits per heavy atom. The van der Waals surface area contributed by atoms with Gasteiger partial charge in [0, 0.05) is 38.2 Å². The van der Waals surface area contributed by atoms with Crippen LogP contribution in [0, 0.1) is 0 Å². The number of benzene rings is 8. The molecule has 4 heterocycles. The summed E-state index contributed by atoms with van der Waals surface area (Å²) in [7, 11) is 0. The van der Waals surface area contributed by atoms with Gasteiger partial charge in [-0.05, 0) is 63.7 Å². The molecule has 0 radical (unpaired) electrons. The van der Waals surface area contributed by atoms with Crippen molar-refractivity contribution in [2.45, 2.75) is 0 Å². The highest BCUT2D eigenvalue weighted by molar-refractivity contribution is 6.23. The van der Waals surface area contributed by atoms with Gasteiger partial charge >= 0.3 is 0 Å². The molecule has 0 aliphatic rings. The summed E-state index contributed by atoms with van der Waals surface area (Å²) in [6.07, 6.45) is 0. The number of para-hydroxylation sites is 2. The SMILES string of the molecule is c1ccc(-c2nc(-c3ccccc3)nc(-c3cccc4oc5cc(-c6ccc7c8ccc9ccccc9c8c8nc9ccccc9n8c7c6)ccc5c34)n2)cc1. The highest BCUT2D eigenvalue weighted by Gasteiger charge is 2.20. The zero-order chi connectivity index (χ0) is 36.7. The van der Waals surface area contributed by atoms with Crippen LogP contribution in [0.2, 0.25) is 0 Å². The zero-order valence-corrected chi connectivity index (χ0v) is 29.9. The van der Waals surface area contributed by atoms with Crippen LogP contribution < -0.4 is 0 Å². The Kier molecular flexibility index (Phi) is 6.53. The highest BCUT2D eigenvalue weighted by atomic mass is 16.3. The average Bonchev–Trinajstić information content (AvgIpc) is 3.85. The van der Waals surface area contributed by atoms with Crippen molar-refractivity contribution < 1.29 is 4.42 Å². The molecule has 0 aliphatic carbocycles. The lowest BCUT2D eigenvalue weighted by atomic mass is 9.97. The molecule has 6 heteroatoms. The van der Waals surface area contributed by atoms with E-state index in [0.717, 1.165) is 72.0 Å². The molecule has 0 N–H and O–H groups in total. The number of hydrogen-bond acceptors (Lipinski definition) is 5. The van der Waals surface area contributed by atoms with Crippen LogP contribution in [0.15, 0.2) is 180 Å². The predicted molar refractivity (Wildman–Crippen MR) is 228 cm³/mol. The number of furan rings is 1. The molecule has 0 saturated carbocycles. The molecule has 0 aliphatic heterocycles. The number of fused-ring (bicyclic) bond motifs is 13. The maximum Gasteiger partial charge on any atom is 0.164 e. The molecular formula is C50H29N5O. The van der Waals surface area contributed by atoms with E-state index in [9.17, 15) is 0 Å². The first-order valence-corrected chi connectivity index (χ1v) is 18.7. The van der Waals surface area contributed by atoms with E-state index in [0.29, 0.717) is 17.5 Å². The maximum absolute atomic E-state index is 6.62. The largest absolute Gasteiger partial charge is 0.456 e. The van der Waals surface area contributed by atoms with E-state index in [1.807, 2.05) is 72.8 Å². The molecule has 8 aromatic carbocycles. The summed E-state index contributed by atoms with van der Waals surface area (Å²) >= 11 is 0. The van der Waals surface area contributed by atoms with Crippen molar-refractivity contribution in [1.29, 1.82) is 0 Å². The summed E-state index contributed by atoms with van der Waals surface area (Å²) in [5.41, 5.74) is 10.6. The van der Waals surface area contributed by atoms with Crippen LogP contribution in [-0.2, 0) is 0 Å². The van der Waals surface area contributed by atoms with E-state index in [1.165, 1.54) is 26.9 Å². The molecule has 0 spiro atoms. The normalized spacial score (nSPS) is 11.9. The molecule has 0 amide bonds. The molecule has 12 rings (SSSR count). The second-order valence-electron chi connectivity index (χ2n) is 14.2. The molecular weight excluding hydrogens is 687 g/mol. The molecule has 56 heavy (non-hydrogen) atoms. The van der Waals surface area contributed by atoms with E-state index in [4.69, 9.17) is 24.4 Å². The van der Waals surface area contributed by atoms with Gasteiger partial charge in [0.25, 0.3) is 0 Å². The van der Waals surface area contributed by atoms with Crippen LogP contribution in [0.5, 0.6) is 0 Å². The summed E-state index contributed by atoms with van der Waals surface area (Å²) in [6, 6.07) is 60.9. The third kappa shape index (κ3) is 4.63. The fraction of sp³-hybridized carbons (Fsp3) is 0. The monoisotopic (exact) mass is 715 g/mol. The molecule has 0 fully saturated rings. The van der Waals surface area contributed by atoms with Crippen molar-refractivity contribution in [2.75, 3.05) is 0 Å². The van der Waals surface area contributed by atoms with E-state index >= 15 is 0 Å². The third-order valence-electron chi connectivity index (χ3n) is 11.0. The van der Waals surface area contributed by atoms with Crippen LogP contribution in [0.1, 0.15) is 0 Å². The van der Waals surface area contributed by atoms with Crippen LogP contribution in [-0.4, -0.2) is 24.3 Å².